The number of rotatable bonds is 4. The zero-order valence-corrected chi connectivity index (χ0v) is 14.9. The lowest BCUT2D eigenvalue weighted by Gasteiger charge is -2.36. The molecule has 0 spiro atoms. The van der Waals surface area contributed by atoms with Gasteiger partial charge < -0.3 is 9.72 Å². The summed E-state index contributed by atoms with van der Waals surface area (Å²) >= 11 is 6.58. The zero-order chi connectivity index (χ0) is 15.6. The van der Waals surface area contributed by atoms with Crippen molar-refractivity contribution in [2.75, 3.05) is 0 Å². The van der Waals surface area contributed by atoms with E-state index in [4.69, 9.17) is 17.0 Å². The van der Waals surface area contributed by atoms with Gasteiger partial charge in [0.2, 0.25) is 0 Å². The van der Waals surface area contributed by atoms with Gasteiger partial charge in [-0.15, -0.1) is 11.3 Å². The molecule has 0 saturated heterocycles. The predicted octanol–water partition coefficient (Wildman–Crippen LogP) is 4.66. The molecule has 0 amide bonds. The third-order valence-electron chi connectivity index (χ3n) is 4.47. The molecule has 1 aromatic rings. The first-order chi connectivity index (χ1) is 9.86. The third-order valence-corrected chi connectivity index (χ3v) is 5.81. The molecule has 3 nitrogen and oxygen atoms in total. The maximum absolute atomic E-state index is 12.3. The van der Waals surface area contributed by atoms with E-state index in [2.05, 4.69) is 25.8 Å². The van der Waals surface area contributed by atoms with Crippen molar-refractivity contribution < 1.29 is 9.53 Å². The average Bonchev–Trinajstić information content (AvgIpc) is 2.67. The highest BCUT2D eigenvalue weighted by Crippen LogP contribution is 2.35. The summed E-state index contributed by atoms with van der Waals surface area (Å²) < 4.78 is 6.55. The van der Waals surface area contributed by atoms with Gasteiger partial charge in [0.25, 0.3) is 0 Å². The van der Waals surface area contributed by atoms with Gasteiger partial charge in [0.15, 0.2) is 3.95 Å². The van der Waals surface area contributed by atoms with Crippen LogP contribution in [0.4, 0.5) is 0 Å². The van der Waals surface area contributed by atoms with E-state index in [0.29, 0.717) is 24.2 Å². The molecule has 1 aromatic heterocycles. The van der Waals surface area contributed by atoms with E-state index in [0.717, 1.165) is 20.9 Å². The summed E-state index contributed by atoms with van der Waals surface area (Å²) in [6.45, 7) is 8.65. The Labute approximate surface area is 136 Å². The number of nitrogens with one attached hydrogen (secondary N) is 1. The number of esters is 1. The van der Waals surface area contributed by atoms with Crippen LogP contribution < -0.4 is 0 Å². The number of aromatic nitrogens is 1. The van der Waals surface area contributed by atoms with Gasteiger partial charge in [-0.1, -0.05) is 27.2 Å². The Balaban J connectivity index is 1.99. The summed E-state index contributed by atoms with van der Waals surface area (Å²) in [5.74, 6) is 1.59. The fourth-order valence-corrected chi connectivity index (χ4v) is 4.47. The standard InChI is InChI=1S/C16H25NO2S2/c1-9(2)12-6-5-10(3)7-13(12)19-15(18)8-14-11(4)17-16(20)21-14/h9-10,12-13H,5-8H2,1-4H3,(H,17,20). The minimum absolute atomic E-state index is 0.0773. The topological polar surface area (TPSA) is 42.1 Å². The Hall–Kier alpha value is -0.680. The van der Waals surface area contributed by atoms with Gasteiger partial charge in [-0.2, -0.15) is 0 Å². The van der Waals surface area contributed by atoms with Gasteiger partial charge in [-0.25, -0.2) is 0 Å². The normalized spacial score (nSPS) is 26.0. The fraction of sp³-hybridized carbons (Fsp3) is 0.750. The minimum Gasteiger partial charge on any atom is -0.462 e. The Bertz CT molecular complexity index is 547. The third kappa shape index (κ3) is 4.39. The molecule has 5 heteroatoms. The van der Waals surface area contributed by atoms with Crippen molar-refractivity contribution >= 4 is 29.5 Å². The second kappa shape index (κ2) is 7.05. The quantitative estimate of drug-likeness (QED) is 0.646. The molecule has 0 aromatic carbocycles. The highest BCUT2D eigenvalue weighted by molar-refractivity contribution is 7.73. The molecule has 0 radical (unpaired) electrons. The number of aromatic amines is 1. The molecule has 1 saturated carbocycles. The minimum atomic E-state index is -0.117. The summed E-state index contributed by atoms with van der Waals surface area (Å²) in [7, 11) is 0. The van der Waals surface area contributed by atoms with Crippen molar-refractivity contribution in [3.8, 4) is 0 Å². The van der Waals surface area contributed by atoms with Crippen LogP contribution in [0.15, 0.2) is 0 Å². The van der Waals surface area contributed by atoms with E-state index >= 15 is 0 Å². The van der Waals surface area contributed by atoms with Crippen molar-refractivity contribution in [2.24, 2.45) is 17.8 Å². The SMILES string of the molecule is Cc1[nH]c(=S)sc1CC(=O)OC1CC(C)CCC1C(C)C. The number of hydrogen-bond donors (Lipinski definition) is 1. The van der Waals surface area contributed by atoms with E-state index in [1.54, 1.807) is 0 Å². The molecule has 0 bridgehead atoms. The van der Waals surface area contributed by atoms with Gasteiger partial charge >= 0.3 is 5.97 Å². The van der Waals surface area contributed by atoms with E-state index in [9.17, 15) is 4.79 Å². The summed E-state index contributed by atoms with van der Waals surface area (Å²) in [5.41, 5.74) is 0.986. The molecule has 1 fully saturated rings. The van der Waals surface area contributed by atoms with Crippen molar-refractivity contribution in [1.82, 2.24) is 4.98 Å². The van der Waals surface area contributed by atoms with E-state index in [1.807, 2.05) is 6.92 Å². The Morgan fingerprint density at radius 1 is 1.48 bits per heavy atom. The van der Waals surface area contributed by atoms with E-state index in [-0.39, 0.29) is 12.1 Å². The lowest BCUT2D eigenvalue weighted by Crippen LogP contribution is -2.36. The Kier molecular flexibility index (Phi) is 5.60. The summed E-state index contributed by atoms with van der Waals surface area (Å²) in [6, 6.07) is 0. The lowest BCUT2D eigenvalue weighted by atomic mass is 9.75. The van der Waals surface area contributed by atoms with Gasteiger partial charge in [0, 0.05) is 10.6 Å². The molecule has 1 N–H and O–H groups in total. The van der Waals surface area contributed by atoms with Crippen molar-refractivity contribution in [3.63, 3.8) is 0 Å². The first-order valence-corrected chi connectivity index (χ1v) is 8.97. The van der Waals surface area contributed by atoms with Crippen molar-refractivity contribution in [2.45, 2.75) is 59.5 Å². The van der Waals surface area contributed by atoms with E-state index in [1.165, 1.54) is 24.2 Å². The molecule has 3 unspecified atom stereocenters. The average molecular weight is 328 g/mol. The summed E-state index contributed by atoms with van der Waals surface area (Å²) in [5, 5.41) is 0. The van der Waals surface area contributed by atoms with E-state index < -0.39 is 0 Å². The monoisotopic (exact) mass is 327 g/mol. The molecule has 21 heavy (non-hydrogen) atoms. The number of carbonyl (C=O) groups excluding carboxylic acids is 1. The van der Waals surface area contributed by atoms with Crippen LogP contribution in [0.25, 0.3) is 0 Å². The first kappa shape index (κ1) is 16.7. The van der Waals surface area contributed by atoms with Crippen LogP contribution in [0.2, 0.25) is 0 Å². The molecular weight excluding hydrogens is 302 g/mol. The van der Waals surface area contributed by atoms with Gasteiger partial charge in [-0.05, 0) is 49.7 Å². The highest BCUT2D eigenvalue weighted by atomic mass is 32.1. The molecule has 1 aliphatic rings. The van der Waals surface area contributed by atoms with Crippen LogP contribution in [0, 0.1) is 28.6 Å². The molecule has 2 rings (SSSR count). The Morgan fingerprint density at radius 3 is 2.76 bits per heavy atom. The fourth-order valence-electron chi connectivity index (χ4n) is 3.20. The zero-order valence-electron chi connectivity index (χ0n) is 13.3. The number of hydrogen-bond acceptors (Lipinski definition) is 4. The van der Waals surface area contributed by atoms with Crippen LogP contribution in [0.3, 0.4) is 0 Å². The number of thiazole rings is 1. The second-order valence-electron chi connectivity index (χ2n) is 6.59. The summed E-state index contributed by atoms with van der Waals surface area (Å²) in [6.07, 6.45) is 3.82. The van der Waals surface area contributed by atoms with Crippen LogP contribution >= 0.6 is 23.6 Å². The number of ether oxygens (including phenoxy) is 1. The number of H-pyrrole nitrogens is 1. The first-order valence-electron chi connectivity index (χ1n) is 7.75. The van der Waals surface area contributed by atoms with Gasteiger partial charge in [0.05, 0.1) is 6.42 Å². The predicted molar refractivity (Wildman–Crippen MR) is 89.2 cm³/mol. The molecule has 3 atom stereocenters. The number of aryl methyl sites for hydroxylation is 1. The highest BCUT2D eigenvalue weighted by Gasteiger charge is 2.33. The maximum Gasteiger partial charge on any atom is 0.311 e. The number of carbonyl (C=O) groups is 1. The largest absolute Gasteiger partial charge is 0.462 e. The lowest BCUT2D eigenvalue weighted by molar-refractivity contribution is -0.155. The van der Waals surface area contributed by atoms with Crippen molar-refractivity contribution in [1.29, 1.82) is 0 Å². The molecule has 1 heterocycles. The summed E-state index contributed by atoms with van der Waals surface area (Å²) in [4.78, 5) is 16.3. The molecule has 0 aliphatic heterocycles. The maximum atomic E-state index is 12.3. The molecule has 1 aliphatic carbocycles. The van der Waals surface area contributed by atoms with Crippen LogP contribution in [0.1, 0.15) is 50.6 Å². The Morgan fingerprint density at radius 2 is 2.19 bits per heavy atom. The van der Waals surface area contributed by atoms with Crippen LogP contribution in [-0.4, -0.2) is 17.1 Å². The van der Waals surface area contributed by atoms with Gasteiger partial charge in [-0.3, -0.25) is 4.79 Å². The second-order valence-corrected chi connectivity index (χ2v) is 8.37. The van der Waals surface area contributed by atoms with Crippen LogP contribution in [0.5, 0.6) is 0 Å². The smallest absolute Gasteiger partial charge is 0.311 e. The molecule has 118 valence electrons. The molecular formula is C16H25NO2S2. The van der Waals surface area contributed by atoms with Crippen LogP contribution in [-0.2, 0) is 16.0 Å². The van der Waals surface area contributed by atoms with Crippen molar-refractivity contribution in [3.05, 3.63) is 14.5 Å². The van der Waals surface area contributed by atoms with Gasteiger partial charge in [0.1, 0.15) is 6.10 Å².